The molecule has 3 aliphatic heterocycles. The third-order valence-electron chi connectivity index (χ3n) is 5.49. The lowest BCUT2D eigenvalue weighted by molar-refractivity contribution is -0.0507. The Kier molecular flexibility index (Phi) is 4.50. The standard InChI is InChI=1S/C19H22N3O6P/c1-11-16(17(25-2)18(27-11)21-8-7-15(23)20-19(21)24)28-29-22-13(10-26-29)9-12-5-3-4-6-14(12)22/h3-8,11,13,16-18H,9-10H2,1-2H3,(H,20,23,24)/t11?,13-,16?,17?,18?,29-/m1/s1/i1D. The van der Waals surface area contributed by atoms with E-state index < -0.39 is 44.3 Å². The van der Waals surface area contributed by atoms with E-state index in [9.17, 15) is 9.59 Å². The van der Waals surface area contributed by atoms with E-state index in [4.69, 9.17) is 19.9 Å². The molecule has 0 saturated carbocycles. The van der Waals surface area contributed by atoms with Crippen LogP contribution >= 0.6 is 8.53 Å². The maximum absolute atomic E-state index is 12.3. The number of aromatic amines is 1. The normalized spacial score (nSPS) is 33.6. The lowest BCUT2D eigenvalue weighted by Crippen LogP contribution is -2.39. The van der Waals surface area contributed by atoms with Crippen LogP contribution in [0.5, 0.6) is 0 Å². The first-order chi connectivity index (χ1) is 14.6. The monoisotopic (exact) mass is 420 g/mol. The largest absolute Gasteiger partial charge is 0.374 e. The van der Waals surface area contributed by atoms with Crippen molar-refractivity contribution in [2.45, 2.75) is 43.9 Å². The second-order valence-electron chi connectivity index (χ2n) is 7.22. The van der Waals surface area contributed by atoms with Gasteiger partial charge >= 0.3 is 5.69 Å². The van der Waals surface area contributed by atoms with E-state index in [-0.39, 0.29) is 12.9 Å². The van der Waals surface area contributed by atoms with Gasteiger partial charge < -0.3 is 23.2 Å². The Morgan fingerprint density at radius 3 is 2.93 bits per heavy atom. The SMILES string of the molecule is [2H]CC1OC(n2ccc(=O)[nH]c2=O)C(OC)C1O[P@@]1OC[C@H]2Cc3ccccc3N21. The number of hydrogen-bond donors (Lipinski definition) is 1. The number of para-hydroxylation sites is 1. The molecule has 4 unspecified atom stereocenters. The summed E-state index contributed by atoms with van der Waals surface area (Å²) in [5.41, 5.74) is 1.28. The van der Waals surface area contributed by atoms with E-state index in [1.165, 1.54) is 29.5 Å². The molecule has 4 heterocycles. The Morgan fingerprint density at radius 1 is 1.28 bits per heavy atom. The second-order valence-corrected chi connectivity index (χ2v) is 8.59. The van der Waals surface area contributed by atoms with Crippen molar-refractivity contribution < 1.29 is 19.9 Å². The fraction of sp³-hybridized carbons (Fsp3) is 0.474. The molecule has 2 aromatic rings. The average Bonchev–Trinajstić information content (AvgIpc) is 3.40. The first-order valence-electron chi connectivity index (χ1n) is 10.1. The van der Waals surface area contributed by atoms with Crippen LogP contribution < -0.4 is 15.9 Å². The van der Waals surface area contributed by atoms with Crippen LogP contribution in [0.25, 0.3) is 0 Å². The van der Waals surface area contributed by atoms with Gasteiger partial charge in [0.25, 0.3) is 14.1 Å². The molecule has 6 atom stereocenters. The minimum Gasteiger partial charge on any atom is -0.374 e. The highest BCUT2D eigenvalue weighted by Crippen LogP contribution is 2.58. The van der Waals surface area contributed by atoms with Crippen molar-refractivity contribution in [3.05, 3.63) is 62.9 Å². The molecule has 0 amide bonds. The number of nitrogens with zero attached hydrogens (tertiary/aromatic N) is 2. The molecule has 1 aromatic carbocycles. The smallest absolute Gasteiger partial charge is 0.330 e. The number of benzene rings is 1. The summed E-state index contributed by atoms with van der Waals surface area (Å²) in [6, 6.07) is 9.67. The Hall–Kier alpha value is -2.03. The molecule has 0 aliphatic carbocycles. The quantitative estimate of drug-likeness (QED) is 0.750. The maximum Gasteiger partial charge on any atom is 0.330 e. The maximum atomic E-state index is 12.3. The third-order valence-corrected chi connectivity index (χ3v) is 7.18. The number of H-pyrrole nitrogens is 1. The van der Waals surface area contributed by atoms with Gasteiger partial charge in [-0.1, -0.05) is 18.2 Å². The second kappa shape index (κ2) is 7.34. The number of ether oxygens (including phenoxy) is 2. The molecule has 2 fully saturated rings. The Balaban J connectivity index is 1.42. The summed E-state index contributed by atoms with van der Waals surface area (Å²) < 4.78 is 35.3. The fourth-order valence-corrected chi connectivity index (χ4v) is 5.97. The summed E-state index contributed by atoms with van der Waals surface area (Å²) in [7, 11) is 0.107. The molecule has 5 rings (SSSR count). The number of hydrogen-bond acceptors (Lipinski definition) is 7. The molecule has 0 radical (unpaired) electrons. The van der Waals surface area contributed by atoms with Gasteiger partial charge in [0.15, 0.2) is 6.23 Å². The third kappa shape index (κ3) is 3.14. The van der Waals surface area contributed by atoms with Gasteiger partial charge in [0.1, 0.15) is 12.2 Å². The molecule has 9 nitrogen and oxygen atoms in total. The topological polar surface area (TPSA) is 95.0 Å². The van der Waals surface area contributed by atoms with Crippen molar-refractivity contribution in [1.29, 1.82) is 0 Å². The van der Waals surface area contributed by atoms with Gasteiger partial charge in [0.2, 0.25) is 0 Å². The molecule has 2 saturated heterocycles. The molecule has 0 spiro atoms. The molecule has 154 valence electrons. The number of rotatable bonds is 4. The Morgan fingerprint density at radius 2 is 2.14 bits per heavy atom. The molecule has 0 bridgehead atoms. The van der Waals surface area contributed by atoms with Gasteiger partial charge in [-0.3, -0.25) is 14.3 Å². The van der Waals surface area contributed by atoms with Gasteiger partial charge in [-0.25, -0.2) is 4.79 Å². The van der Waals surface area contributed by atoms with E-state index in [0.717, 1.165) is 12.1 Å². The predicted octanol–water partition coefficient (Wildman–Crippen LogP) is 1.54. The van der Waals surface area contributed by atoms with Gasteiger partial charge in [0, 0.05) is 26.4 Å². The van der Waals surface area contributed by atoms with Crippen molar-refractivity contribution in [3.63, 3.8) is 0 Å². The number of aromatic nitrogens is 2. The highest BCUT2D eigenvalue weighted by atomic mass is 31.2. The molecule has 10 heteroatoms. The Labute approximate surface area is 169 Å². The van der Waals surface area contributed by atoms with Crippen LogP contribution in [-0.4, -0.2) is 47.6 Å². The van der Waals surface area contributed by atoms with Crippen LogP contribution in [0.3, 0.4) is 0 Å². The summed E-state index contributed by atoms with van der Waals surface area (Å²) >= 11 is 0. The lowest BCUT2D eigenvalue weighted by atomic mass is 10.1. The summed E-state index contributed by atoms with van der Waals surface area (Å²) in [5, 5.41) is 0. The lowest BCUT2D eigenvalue weighted by Gasteiger charge is -2.29. The van der Waals surface area contributed by atoms with Crippen LogP contribution in [0.2, 0.25) is 0 Å². The zero-order chi connectivity index (χ0) is 20.8. The van der Waals surface area contributed by atoms with Crippen LogP contribution in [0.15, 0.2) is 46.1 Å². The summed E-state index contributed by atoms with van der Waals surface area (Å²) in [4.78, 5) is 25.9. The zero-order valence-electron chi connectivity index (χ0n) is 16.8. The van der Waals surface area contributed by atoms with Gasteiger partial charge in [0.05, 0.1) is 18.8 Å². The highest BCUT2D eigenvalue weighted by molar-refractivity contribution is 7.49. The van der Waals surface area contributed by atoms with E-state index >= 15 is 0 Å². The van der Waals surface area contributed by atoms with E-state index in [1.807, 2.05) is 12.1 Å². The van der Waals surface area contributed by atoms with Crippen LogP contribution in [0.1, 0.15) is 20.1 Å². The van der Waals surface area contributed by atoms with Crippen molar-refractivity contribution in [2.24, 2.45) is 0 Å². The Bertz CT molecular complexity index is 1050. The van der Waals surface area contributed by atoms with Crippen molar-refractivity contribution >= 4 is 14.2 Å². The minimum absolute atomic E-state index is 0.0671. The number of methoxy groups -OCH3 is 1. The van der Waals surface area contributed by atoms with Crippen LogP contribution in [-0.2, 0) is 24.9 Å². The minimum atomic E-state index is -1.40. The van der Waals surface area contributed by atoms with Gasteiger partial charge in [-0.2, -0.15) is 0 Å². The molecule has 1 N–H and O–H groups in total. The van der Waals surface area contributed by atoms with E-state index in [2.05, 4.69) is 21.8 Å². The van der Waals surface area contributed by atoms with Crippen molar-refractivity contribution in [2.75, 3.05) is 18.4 Å². The summed E-state index contributed by atoms with van der Waals surface area (Å²) in [6.45, 7) is 0.502. The first kappa shape index (κ1) is 17.8. The molecular formula is C19H22N3O6P. The number of nitrogens with one attached hydrogen (secondary N) is 1. The van der Waals surface area contributed by atoms with E-state index in [0.29, 0.717) is 6.61 Å². The number of anilines is 1. The molecular weight excluding hydrogens is 397 g/mol. The van der Waals surface area contributed by atoms with Crippen LogP contribution in [0, 0.1) is 0 Å². The number of fused-ring (bicyclic) bond motifs is 3. The summed E-state index contributed by atoms with van der Waals surface area (Å²) in [6.07, 6.45) is -0.405. The first-order valence-corrected chi connectivity index (χ1v) is 10.5. The van der Waals surface area contributed by atoms with Crippen molar-refractivity contribution in [3.8, 4) is 0 Å². The highest BCUT2D eigenvalue weighted by Gasteiger charge is 2.50. The van der Waals surface area contributed by atoms with Crippen LogP contribution in [0.4, 0.5) is 5.69 Å². The van der Waals surface area contributed by atoms with Crippen molar-refractivity contribution in [1.82, 2.24) is 9.55 Å². The summed E-state index contributed by atoms with van der Waals surface area (Å²) in [5.74, 6) is 0. The van der Waals surface area contributed by atoms with Gasteiger partial charge in [-0.05, 0) is 25.0 Å². The molecule has 3 aliphatic rings. The van der Waals surface area contributed by atoms with Gasteiger partial charge in [-0.15, -0.1) is 0 Å². The average molecular weight is 420 g/mol. The predicted molar refractivity (Wildman–Crippen MR) is 106 cm³/mol. The van der Waals surface area contributed by atoms with E-state index in [1.54, 1.807) is 0 Å². The fourth-order valence-electron chi connectivity index (χ4n) is 4.13. The zero-order valence-corrected chi connectivity index (χ0v) is 16.7. The molecule has 29 heavy (non-hydrogen) atoms. The molecule has 1 aromatic heterocycles.